The van der Waals surface area contributed by atoms with Gasteiger partial charge in [0.2, 0.25) is 0 Å². The minimum Gasteiger partial charge on any atom is -0.466 e. The maximum absolute atomic E-state index is 11.5. The number of esters is 1. The van der Waals surface area contributed by atoms with E-state index in [4.69, 9.17) is 14.2 Å². The standard InChI is InChI=1S/C23H46O4/c1-3-5-7-8-9-10-11-12-13-15-18-25-21-22-26-19-16-17-23(24)27-20-14-6-4-2/h3-22H2,1-2H3. The average Bonchev–Trinajstić information content (AvgIpc) is 2.67. The molecule has 162 valence electrons. The van der Waals surface area contributed by atoms with Gasteiger partial charge in [0, 0.05) is 19.6 Å². The molecule has 0 bridgehead atoms. The Hall–Kier alpha value is -0.610. The first-order valence-corrected chi connectivity index (χ1v) is 11.6. The first kappa shape index (κ1) is 26.4. The SMILES string of the molecule is CCCCCCCCCCCCOCCOCCCC(=O)OCCCCC. The molecule has 0 spiro atoms. The number of unbranched alkanes of at least 4 members (excludes halogenated alkanes) is 11. The lowest BCUT2D eigenvalue weighted by atomic mass is 10.1. The fourth-order valence-electron chi connectivity index (χ4n) is 2.94. The van der Waals surface area contributed by atoms with E-state index in [0.717, 1.165) is 38.7 Å². The van der Waals surface area contributed by atoms with Crippen LogP contribution in [0.1, 0.15) is 110 Å². The number of carbonyl (C=O) groups is 1. The molecule has 0 heterocycles. The molecule has 0 aromatic rings. The molecule has 0 radical (unpaired) electrons. The lowest BCUT2D eigenvalue weighted by Crippen LogP contribution is -2.09. The predicted octanol–water partition coefficient (Wildman–Crippen LogP) is 6.45. The van der Waals surface area contributed by atoms with Crippen molar-refractivity contribution in [2.75, 3.05) is 33.0 Å². The molecule has 0 N–H and O–H groups in total. The summed E-state index contributed by atoms with van der Waals surface area (Å²) in [6, 6.07) is 0. The summed E-state index contributed by atoms with van der Waals surface area (Å²) in [5, 5.41) is 0. The lowest BCUT2D eigenvalue weighted by Gasteiger charge is -2.07. The second-order valence-electron chi connectivity index (χ2n) is 7.44. The van der Waals surface area contributed by atoms with Crippen LogP contribution in [-0.4, -0.2) is 39.0 Å². The largest absolute Gasteiger partial charge is 0.466 e. The maximum Gasteiger partial charge on any atom is 0.305 e. The number of rotatable bonds is 22. The highest BCUT2D eigenvalue weighted by Gasteiger charge is 2.02. The maximum atomic E-state index is 11.5. The predicted molar refractivity (Wildman–Crippen MR) is 113 cm³/mol. The van der Waals surface area contributed by atoms with Crippen LogP contribution < -0.4 is 0 Å². The van der Waals surface area contributed by atoms with Crippen LogP contribution in [0.3, 0.4) is 0 Å². The van der Waals surface area contributed by atoms with Crippen molar-refractivity contribution in [1.82, 2.24) is 0 Å². The van der Waals surface area contributed by atoms with E-state index in [1.165, 1.54) is 57.8 Å². The third kappa shape index (κ3) is 23.4. The molecule has 0 aromatic heterocycles. The van der Waals surface area contributed by atoms with Crippen LogP contribution in [0.25, 0.3) is 0 Å². The van der Waals surface area contributed by atoms with Crippen molar-refractivity contribution in [1.29, 1.82) is 0 Å². The Morgan fingerprint density at radius 3 is 1.56 bits per heavy atom. The molecule has 0 unspecified atom stereocenters. The lowest BCUT2D eigenvalue weighted by molar-refractivity contribution is -0.144. The van der Waals surface area contributed by atoms with Gasteiger partial charge in [0.05, 0.1) is 19.8 Å². The van der Waals surface area contributed by atoms with Crippen LogP contribution >= 0.6 is 0 Å². The van der Waals surface area contributed by atoms with Crippen LogP contribution in [0.15, 0.2) is 0 Å². The van der Waals surface area contributed by atoms with Crippen LogP contribution in [0, 0.1) is 0 Å². The Kier molecular flexibility index (Phi) is 22.9. The highest BCUT2D eigenvalue weighted by Crippen LogP contribution is 2.10. The summed E-state index contributed by atoms with van der Waals surface area (Å²) >= 11 is 0. The van der Waals surface area contributed by atoms with Crippen molar-refractivity contribution in [3.63, 3.8) is 0 Å². The van der Waals surface area contributed by atoms with Crippen LogP contribution in [0.5, 0.6) is 0 Å². The van der Waals surface area contributed by atoms with Gasteiger partial charge in [0.15, 0.2) is 0 Å². The molecular formula is C23H46O4. The molecule has 4 heteroatoms. The Labute approximate surface area is 168 Å². The second-order valence-corrected chi connectivity index (χ2v) is 7.44. The number of ether oxygens (including phenoxy) is 3. The van der Waals surface area contributed by atoms with Gasteiger partial charge in [-0.25, -0.2) is 0 Å². The van der Waals surface area contributed by atoms with Gasteiger partial charge >= 0.3 is 5.97 Å². The summed E-state index contributed by atoms with van der Waals surface area (Å²) in [5.41, 5.74) is 0. The van der Waals surface area contributed by atoms with Gasteiger partial charge in [-0.05, 0) is 19.3 Å². The van der Waals surface area contributed by atoms with Crippen molar-refractivity contribution in [3.8, 4) is 0 Å². The molecule has 0 aliphatic carbocycles. The number of hydrogen-bond acceptors (Lipinski definition) is 4. The highest BCUT2D eigenvalue weighted by atomic mass is 16.5. The molecule has 0 saturated heterocycles. The van der Waals surface area contributed by atoms with Crippen molar-refractivity contribution < 1.29 is 19.0 Å². The van der Waals surface area contributed by atoms with E-state index in [1.807, 2.05) is 0 Å². The molecule has 0 fully saturated rings. The van der Waals surface area contributed by atoms with E-state index >= 15 is 0 Å². The molecule has 0 aromatic carbocycles. The van der Waals surface area contributed by atoms with E-state index in [9.17, 15) is 4.79 Å². The van der Waals surface area contributed by atoms with Gasteiger partial charge in [-0.1, -0.05) is 84.5 Å². The van der Waals surface area contributed by atoms with Gasteiger partial charge in [-0.2, -0.15) is 0 Å². The van der Waals surface area contributed by atoms with E-state index in [-0.39, 0.29) is 5.97 Å². The molecule has 0 saturated carbocycles. The summed E-state index contributed by atoms with van der Waals surface area (Å²) in [4.78, 5) is 11.5. The summed E-state index contributed by atoms with van der Waals surface area (Å²) in [6.07, 6.45) is 17.9. The molecule has 4 nitrogen and oxygen atoms in total. The second kappa shape index (κ2) is 23.4. The highest BCUT2D eigenvalue weighted by molar-refractivity contribution is 5.69. The minimum absolute atomic E-state index is 0.105. The van der Waals surface area contributed by atoms with Crippen LogP contribution in [0.2, 0.25) is 0 Å². The number of carbonyl (C=O) groups excluding carboxylic acids is 1. The van der Waals surface area contributed by atoms with Gasteiger partial charge in [-0.3, -0.25) is 4.79 Å². The monoisotopic (exact) mass is 386 g/mol. The Morgan fingerprint density at radius 1 is 0.519 bits per heavy atom. The van der Waals surface area contributed by atoms with Gasteiger partial charge in [-0.15, -0.1) is 0 Å². The third-order valence-electron chi connectivity index (χ3n) is 4.69. The average molecular weight is 387 g/mol. The zero-order chi connectivity index (χ0) is 19.8. The summed E-state index contributed by atoms with van der Waals surface area (Å²) in [7, 11) is 0. The molecule has 0 amide bonds. The smallest absolute Gasteiger partial charge is 0.305 e. The summed E-state index contributed by atoms with van der Waals surface area (Å²) < 4.78 is 16.2. The summed E-state index contributed by atoms with van der Waals surface area (Å²) in [5.74, 6) is -0.105. The molecule has 0 atom stereocenters. The fourth-order valence-corrected chi connectivity index (χ4v) is 2.94. The van der Waals surface area contributed by atoms with Gasteiger partial charge in [0.25, 0.3) is 0 Å². The Balaban J connectivity index is 3.07. The normalized spacial score (nSPS) is 11.0. The van der Waals surface area contributed by atoms with Crippen molar-refractivity contribution in [2.24, 2.45) is 0 Å². The van der Waals surface area contributed by atoms with E-state index in [0.29, 0.717) is 32.8 Å². The first-order valence-electron chi connectivity index (χ1n) is 11.6. The third-order valence-corrected chi connectivity index (χ3v) is 4.69. The molecule has 0 aliphatic rings. The molecule has 0 aliphatic heterocycles. The van der Waals surface area contributed by atoms with Gasteiger partial charge in [0.1, 0.15) is 0 Å². The molecular weight excluding hydrogens is 340 g/mol. The van der Waals surface area contributed by atoms with Gasteiger partial charge < -0.3 is 14.2 Å². The van der Waals surface area contributed by atoms with Crippen molar-refractivity contribution in [2.45, 2.75) is 110 Å². The molecule has 0 rings (SSSR count). The molecule has 27 heavy (non-hydrogen) atoms. The zero-order valence-electron chi connectivity index (χ0n) is 18.3. The minimum atomic E-state index is -0.105. The topological polar surface area (TPSA) is 44.8 Å². The Bertz CT molecular complexity index is 294. The summed E-state index contributed by atoms with van der Waals surface area (Å²) in [6.45, 7) is 7.67. The Morgan fingerprint density at radius 2 is 0.963 bits per heavy atom. The number of hydrogen-bond donors (Lipinski definition) is 0. The zero-order valence-corrected chi connectivity index (χ0v) is 18.3. The van der Waals surface area contributed by atoms with E-state index in [2.05, 4.69) is 13.8 Å². The van der Waals surface area contributed by atoms with E-state index < -0.39 is 0 Å². The quantitative estimate of drug-likeness (QED) is 0.158. The van der Waals surface area contributed by atoms with Crippen molar-refractivity contribution in [3.05, 3.63) is 0 Å². The first-order chi connectivity index (χ1) is 13.3. The van der Waals surface area contributed by atoms with E-state index in [1.54, 1.807) is 0 Å². The fraction of sp³-hybridized carbons (Fsp3) is 0.957. The van der Waals surface area contributed by atoms with Crippen LogP contribution in [0.4, 0.5) is 0 Å². The van der Waals surface area contributed by atoms with Crippen molar-refractivity contribution >= 4 is 5.97 Å². The van der Waals surface area contributed by atoms with Crippen LogP contribution in [-0.2, 0) is 19.0 Å².